The van der Waals surface area contributed by atoms with Crippen molar-refractivity contribution in [2.45, 2.75) is 5.92 Å². The lowest BCUT2D eigenvalue weighted by atomic mass is 9.81. The quantitative estimate of drug-likeness (QED) is 0.336. The first-order chi connectivity index (χ1) is 15.1. The summed E-state index contributed by atoms with van der Waals surface area (Å²) >= 11 is 6.10. The second-order valence-electron chi connectivity index (χ2n) is 7.46. The molecule has 5 nitrogen and oxygen atoms in total. The fourth-order valence-corrected chi connectivity index (χ4v) is 4.51. The van der Waals surface area contributed by atoms with Crippen LogP contribution >= 0.6 is 11.6 Å². The van der Waals surface area contributed by atoms with Gasteiger partial charge >= 0.3 is 11.3 Å². The van der Waals surface area contributed by atoms with Crippen molar-refractivity contribution in [3.05, 3.63) is 115 Å². The van der Waals surface area contributed by atoms with Gasteiger partial charge in [0, 0.05) is 15.8 Å². The summed E-state index contributed by atoms with van der Waals surface area (Å²) in [6.45, 7) is 0. The molecule has 0 bridgehead atoms. The second kappa shape index (κ2) is 6.59. The highest BCUT2D eigenvalue weighted by molar-refractivity contribution is 6.30. The van der Waals surface area contributed by atoms with Crippen molar-refractivity contribution in [1.82, 2.24) is 0 Å². The standard InChI is InChI=1S/C25H14ClNO4/c26-14-11-9-13(10-12-14)19-20-22(15-5-1-3-7-17(15)30-24(20)28)27-23-16-6-2-4-8-18(16)31-25(29)21(19)23/h1-12,19,27H. The number of fused-ring (bicyclic) bond motifs is 6. The maximum absolute atomic E-state index is 13.1. The van der Waals surface area contributed by atoms with E-state index in [4.69, 9.17) is 20.4 Å². The average Bonchev–Trinajstić information content (AvgIpc) is 2.79. The molecule has 0 spiro atoms. The lowest BCUT2D eigenvalue weighted by Crippen LogP contribution is -2.27. The van der Waals surface area contributed by atoms with Crippen molar-refractivity contribution in [1.29, 1.82) is 0 Å². The highest BCUT2D eigenvalue weighted by Crippen LogP contribution is 2.46. The first kappa shape index (κ1) is 18.0. The Bertz CT molecular complexity index is 1520. The van der Waals surface area contributed by atoms with Gasteiger partial charge in [0.05, 0.1) is 28.4 Å². The Morgan fingerprint density at radius 1 is 0.677 bits per heavy atom. The predicted octanol–water partition coefficient (Wildman–Crippen LogP) is 5.79. The van der Waals surface area contributed by atoms with Gasteiger partial charge in [-0.3, -0.25) is 0 Å². The van der Waals surface area contributed by atoms with Gasteiger partial charge in [-0.05, 0) is 42.0 Å². The molecular formula is C25H14ClNO4. The molecule has 0 aliphatic carbocycles. The number of hydrogen-bond donors (Lipinski definition) is 1. The molecule has 6 heteroatoms. The first-order valence-electron chi connectivity index (χ1n) is 9.76. The van der Waals surface area contributed by atoms with E-state index in [-0.39, 0.29) is 0 Å². The first-order valence-corrected chi connectivity index (χ1v) is 10.1. The van der Waals surface area contributed by atoms with Gasteiger partial charge in [-0.2, -0.15) is 0 Å². The minimum absolute atomic E-state index is 0.371. The highest BCUT2D eigenvalue weighted by atomic mass is 35.5. The Morgan fingerprint density at radius 2 is 1.16 bits per heavy atom. The highest BCUT2D eigenvalue weighted by Gasteiger charge is 2.36. The van der Waals surface area contributed by atoms with Crippen molar-refractivity contribution < 1.29 is 8.83 Å². The molecule has 1 aliphatic rings. The topological polar surface area (TPSA) is 72.5 Å². The molecule has 3 heterocycles. The largest absolute Gasteiger partial charge is 0.422 e. The van der Waals surface area contributed by atoms with E-state index in [9.17, 15) is 9.59 Å². The maximum Gasteiger partial charge on any atom is 0.342 e. The summed E-state index contributed by atoms with van der Waals surface area (Å²) in [4.78, 5) is 26.3. The summed E-state index contributed by atoms with van der Waals surface area (Å²) in [5.41, 5.74) is 2.71. The van der Waals surface area contributed by atoms with Crippen LogP contribution in [0, 0.1) is 0 Å². The molecule has 150 valence electrons. The van der Waals surface area contributed by atoms with Crippen molar-refractivity contribution >= 4 is 44.9 Å². The lowest BCUT2D eigenvalue weighted by molar-refractivity contribution is 0.535. The van der Waals surface area contributed by atoms with E-state index in [1.165, 1.54) is 0 Å². The molecular weight excluding hydrogens is 414 g/mol. The molecule has 0 saturated heterocycles. The average molecular weight is 428 g/mol. The summed E-state index contributed by atoms with van der Waals surface area (Å²) in [5.74, 6) is -0.662. The summed E-state index contributed by atoms with van der Waals surface area (Å²) in [5, 5.41) is 5.46. The number of benzene rings is 3. The van der Waals surface area contributed by atoms with Gasteiger partial charge in [0.1, 0.15) is 11.2 Å². The molecule has 6 rings (SSSR count). The van der Waals surface area contributed by atoms with Gasteiger partial charge in [0.15, 0.2) is 0 Å². The molecule has 0 atom stereocenters. The van der Waals surface area contributed by atoms with Gasteiger partial charge in [0.25, 0.3) is 0 Å². The van der Waals surface area contributed by atoms with Crippen LogP contribution in [0.25, 0.3) is 21.9 Å². The second-order valence-corrected chi connectivity index (χ2v) is 7.89. The zero-order chi connectivity index (χ0) is 21.1. The molecule has 1 aliphatic heterocycles. The molecule has 0 saturated carbocycles. The van der Waals surface area contributed by atoms with Crippen LogP contribution in [0.1, 0.15) is 22.6 Å². The minimum atomic E-state index is -0.662. The zero-order valence-corrected chi connectivity index (χ0v) is 16.8. The Labute approximate surface area is 180 Å². The number of para-hydroxylation sites is 2. The number of halogens is 1. The molecule has 5 aromatic rings. The predicted molar refractivity (Wildman–Crippen MR) is 121 cm³/mol. The molecule has 31 heavy (non-hydrogen) atoms. The molecule has 0 unspecified atom stereocenters. The van der Waals surface area contributed by atoms with E-state index in [2.05, 4.69) is 5.32 Å². The molecule has 0 fully saturated rings. The smallest absolute Gasteiger partial charge is 0.342 e. The molecule has 0 amide bonds. The van der Waals surface area contributed by atoms with Crippen LogP contribution in [0.5, 0.6) is 0 Å². The van der Waals surface area contributed by atoms with E-state index < -0.39 is 17.2 Å². The van der Waals surface area contributed by atoms with Crippen LogP contribution in [0.3, 0.4) is 0 Å². The van der Waals surface area contributed by atoms with Crippen molar-refractivity contribution in [2.24, 2.45) is 0 Å². The Hall–Kier alpha value is -3.83. The van der Waals surface area contributed by atoms with Gasteiger partial charge in [-0.1, -0.05) is 48.0 Å². The van der Waals surface area contributed by atoms with Crippen LogP contribution in [-0.4, -0.2) is 0 Å². The Morgan fingerprint density at radius 3 is 1.68 bits per heavy atom. The molecule has 0 radical (unpaired) electrons. The SMILES string of the molecule is O=c1oc2ccccc2c2c1C(c1ccc(Cl)cc1)c1c(c3ccccc3oc1=O)N2. The fraction of sp³-hybridized carbons (Fsp3) is 0.0400. The van der Waals surface area contributed by atoms with E-state index in [0.29, 0.717) is 38.7 Å². The van der Waals surface area contributed by atoms with Crippen molar-refractivity contribution in [3.63, 3.8) is 0 Å². The fourth-order valence-electron chi connectivity index (χ4n) is 4.38. The normalized spacial score (nSPS) is 13.1. The molecule has 2 aromatic heterocycles. The number of rotatable bonds is 1. The van der Waals surface area contributed by atoms with E-state index in [1.807, 2.05) is 48.5 Å². The van der Waals surface area contributed by atoms with Crippen LogP contribution in [0.15, 0.2) is 91.2 Å². The maximum atomic E-state index is 13.1. The summed E-state index contributed by atoms with van der Waals surface area (Å²) in [6, 6.07) is 21.8. The van der Waals surface area contributed by atoms with E-state index in [1.54, 1.807) is 24.3 Å². The number of anilines is 2. The zero-order valence-electron chi connectivity index (χ0n) is 16.0. The molecule has 3 aromatic carbocycles. The van der Waals surface area contributed by atoms with Crippen molar-refractivity contribution in [3.8, 4) is 0 Å². The van der Waals surface area contributed by atoms with Gasteiger partial charge < -0.3 is 14.2 Å². The summed E-state index contributed by atoms with van der Waals surface area (Å²) < 4.78 is 11.2. The van der Waals surface area contributed by atoms with Gasteiger partial charge in [-0.15, -0.1) is 0 Å². The third-order valence-electron chi connectivity index (χ3n) is 5.73. The summed E-state index contributed by atoms with van der Waals surface area (Å²) in [7, 11) is 0. The van der Waals surface area contributed by atoms with Crippen LogP contribution in [0.2, 0.25) is 5.02 Å². The van der Waals surface area contributed by atoms with Gasteiger partial charge in [-0.25, -0.2) is 9.59 Å². The van der Waals surface area contributed by atoms with Crippen LogP contribution in [0.4, 0.5) is 11.4 Å². The lowest BCUT2D eigenvalue weighted by Gasteiger charge is -2.29. The van der Waals surface area contributed by atoms with Crippen molar-refractivity contribution in [2.75, 3.05) is 5.32 Å². The Balaban J connectivity index is 1.79. The molecule has 1 N–H and O–H groups in total. The minimum Gasteiger partial charge on any atom is -0.422 e. The Kier molecular flexibility index (Phi) is 3.82. The number of nitrogens with one attached hydrogen (secondary N) is 1. The summed E-state index contributed by atoms with van der Waals surface area (Å²) in [6.07, 6.45) is 0. The van der Waals surface area contributed by atoms with Gasteiger partial charge in [0.2, 0.25) is 0 Å². The van der Waals surface area contributed by atoms with Crippen LogP contribution < -0.4 is 16.6 Å². The monoisotopic (exact) mass is 427 g/mol. The van der Waals surface area contributed by atoms with Crippen LogP contribution in [-0.2, 0) is 0 Å². The number of hydrogen-bond acceptors (Lipinski definition) is 5. The van der Waals surface area contributed by atoms with E-state index in [0.717, 1.165) is 16.3 Å². The third-order valence-corrected chi connectivity index (χ3v) is 5.98. The third kappa shape index (κ3) is 2.64. The van der Waals surface area contributed by atoms with E-state index >= 15 is 0 Å².